The molecule has 0 bridgehead atoms. The molecule has 0 aromatic heterocycles. The van der Waals surface area contributed by atoms with Gasteiger partial charge in [-0.1, -0.05) is 72.8 Å². The fraction of sp³-hybridized carbons (Fsp3) is 0.296. The van der Waals surface area contributed by atoms with Crippen LogP contribution in [-0.2, 0) is 24.2 Å². The molecule has 0 unspecified atom stereocenters. The maximum absolute atomic E-state index is 12.9. The van der Waals surface area contributed by atoms with E-state index in [1.54, 1.807) is 4.90 Å². The molecule has 0 aliphatic rings. The second kappa shape index (κ2) is 10.3. The Hall–Kier alpha value is -3.11. The van der Waals surface area contributed by atoms with Gasteiger partial charge in [-0.15, -0.1) is 0 Å². The number of carbonyl (C=O) groups excluding carboxylic acids is 1. The summed E-state index contributed by atoms with van der Waals surface area (Å²) in [6, 6.07) is 26.4. The molecule has 3 aromatic rings. The maximum atomic E-state index is 12.9. The van der Waals surface area contributed by atoms with Gasteiger partial charge in [0.25, 0.3) is 0 Å². The lowest BCUT2D eigenvalue weighted by Gasteiger charge is -2.27. The van der Waals surface area contributed by atoms with Crippen molar-refractivity contribution >= 4 is 6.09 Å². The van der Waals surface area contributed by atoms with E-state index in [4.69, 9.17) is 4.74 Å². The highest BCUT2D eigenvalue weighted by Gasteiger charge is 2.22. The molecule has 0 aliphatic heterocycles. The van der Waals surface area contributed by atoms with Crippen LogP contribution in [0.1, 0.15) is 37.5 Å². The summed E-state index contributed by atoms with van der Waals surface area (Å²) in [5, 5.41) is 9.23. The van der Waals surface area contributed by atoms with Gasteiger partial charge in [-0.05, 0) is 61.1 Å². The van der Waals surface area contributed by atoms with Crippen LogP contribution in [0.15, 0.2) is 78.9 Å². The Morgan fingerprint density at radius 2 is 1.35 bits per heavy atom. The molecule has 0 atom stereocenters. The van der Waals surface area contributed by atoms with Gasteiger partial charge in [0.15, 0.2) is 0 Å². The SMILES string of the molecule is CC(C)(C)OC(=O)N(Cc1ccccc1)Cc1cccc(-c2cccc(CCO)c2)c1. The summed E-state index contributed by atoms with van der Waals surface area (Å²) in [7, 11) is 0. The third kappa shape index (κ3) is 6.97. The second-order valence-corrected chi connectivity index (χ2v) is 8.70. The molecule has 0 saturated heterocycles. The van der Waals surface area contributed by atoms with Crippen LogP contribution in [0.25, 0.3) is 11.1 Å². The Kier molecular flexibility index (Phi) is 7.48. The average Bonchev–Trinajstić information content (AvgIpc) is 2.73. The van der Waals surface area contributed by atoms with E-state index >= 15 is 0 Å². The van der Waals surface area contributed by atoms with Crippen LogP contribution < -0.4 is 0 Å². The number of aliphatic hydroxyl groups is 1. The zero-order valence-corrected chi connectivity index (χ0v) is 18.5. The second-order valence-electron chi connectivity index (χ2n) is 8.70. The smallest absolute Gasteiger partial charge is 0.410 e. The first-order chi connectivity index (χ1) is 14.8. The number of benzene rings is 3. The number of amides is 1. The van der Waals surface area contributed by atoms with E-state index in [2.05, 4.69) is 24.3 Å². The molecule has 0 aliphatic carbocycles. The molecule has 0 saturated carbocycles. The highest BCUT2D eigenvalue weighted by atomic mass is 16.6. The van der Waals surface area contributed by atoms with Gasteiger partial charge in [0, 0.05) is 19.7 Å². The van der Waals surface area contributed by atoms with Gasteiger partial charge < -0.3 is 9.84 Å². The van der Waals surface area contributed by atoms with Crippen molar-refractivity contribution in [1.82, 2.24) is 4.90 Å². The standard InChI is InChI=1S/C27H31NO3/c1-27(2,3)31-26(30)28(19-22-9-5-4-6-10-22)20-23-12-8-14-25(18-23)24-13-7-11-21(17-24)15-16-29/h4-14,17-18,29H,15-16,19-20H2,1-3H3. The minimum absolute atomic E-state index is 0.133. The first-order valence-corrected chi connectivity index (χ1v) is 10.6. The molecule has 0 spiro atoms. The number of carbonyl (C=O) groups is 1. The Morgan fingerprint density at radius 3 is 1.97 bits per heavy atom. The van der Waals surface area contributed by atoms with Crippen molar-refractivity contribution < 1.29 is 14.6 Å². The lowest BCUT2D eigenvalue weighted by Crippen LogP contribution is -2.36. The lowest BCUT2D eigenvalue weighted by atomic mass is 10.00. The van der Waals surface area contributed by atoms with Crippen LogP contribution in [0.4, 0.5) is 4.79 Å². The molecule has 4 nitrogen and oxygen atoms in total. The van der Waals surface area contributed by atoms with Gasteiger partial charge in [-0.3, -0.25) is 4.90 Å². The number of ether oxygens (including phenoxy) is 1. The third-order valence-electron chi connectivity index (χ3n) is 4.83. The molecule has 0 heterocycles. The molecule has 0 radical (unpaired) electrons. The molecule has 1 amide bonds. The third-order valence-corrected chi connectivity index (χ3v) is 4.83. The predicted octanol–water partition coefficient (Wildman–Crippen LogP) is 5.83. The van der Waals surface area contributed by atoms with Crippen molar-refractivity contribution in [2.24, 2.45) is 0 Å². The van der Waals surface area contributed by atoms with E-state index in [1.165, 1.54) is 0 Å². The van der Waals surface area contributed by atoms with Crippen molar-refractivity contribution in [2.75, 3.05) is 6.61 Å². The lowest BCUT2D eigenvalue weighted by molar-refractivity contribution is 0.0216. The van der Waals surface area contributed by atoms with Crippen molar-refractivity contribution in [3.05, 3.63) is 95.6 Å². The monoisotopic (exact) mass is 417 g/mol. The highest BCUT2D eigenvalue weighted by molar-refractivity contribution is 5.69. The zero-order chi connectivity index (χ0) is 22.3. The van der Waals surface area contributed by atoms with Crippen LogP contribution in [-0.4, -0.2) is 28.3 Å². The normalized spacial score (nSPS) is 11.2. The fourth-order valence-electron chi connectivity index (χ4n) is 3.42. The molecule has 3 rings (SSSR count). The topological polar surface area (TPSA) is 49.8 Å². The van der Waals surface area contributed by atoms with Gasteiger partial charge in [0.05, 0.1) is 0 Å². The van der Waals surface area contributed by atoms with Gasteiger partial charge in [0.2, 0.25) is 0 Å². The number of hydrogen-bond donors (Lipinski definition) is 1. The maximum Gasteiger partial charge on any atom is 0.410 e. The molecular formula is C27H31NO3. The van der Waals surface area contributed by atoms with Crippen LogP contribution in [0.5, 0.6) is 0 Å². The molecule has 1 N–H and O–H groups in total. The van der Waals surface area contributed by atoms with Crippen LogP contribution in [0.3, 0.4) is 0 Å². The van der Waals surface area contributed by atoms with E-state index < -0.39 is 5.60 Å². The Bertz CT molecular complexity index is 993. The van der Waals surface area contributed by atoms with Crippen molar-refractivity contribution in [2.45, 2.75) is 45.9 Å². The molecular weight excluding hydrogens is 386 g/mol. The first kappa shape index (κ1) is 22.6. The summed E-state index contributed by atoms with van der Waals surface area (Å²) in [5.41, 5.74) is 4.82. The van der Waals surface area contributed by atoms with Crippen molar-refractivity contribution in [3.8, 4) is 11.1 Å². The van der Waals surface area contributed by atoms with E-state index in [0.717, 1.165) is 27.8 Å². The number of hydrogen-bond acceptors (Lipinski definition) is 3. The van der Waals surface area contributed by atoms with Crippen LogP contribution >= 0.6 is 0 Å². The quantitative estimate of drug-likeness (QED) is 0.526. The fourth-order valence-corrected chi connectivity index (χ4v) is 3.42. The van der Waals surface area contributed by atoms with E-state index in [0.29, 0.717) is 19.5 Å². The number of aliphatic hydroxyl groups excluding tert-OH is 1. The molecule has 3 aromatic carbocycles. The minimum atomic E-state index is -0.555. The number of nitrogens with zero attached hydrogens (tertiary/aromatic N) is 1. The molecule has 162 valence electrons. The van der Waals surface area contributed by atoms with Crippen molar-refractivity contribution in [3.63, 3.8) is 0 Å². The number of rotatable bonds is 7. The average molecular weight is 418 g/mol. The van der Waals surface area contributed by atoms with E-state index in [1.807, 2.05) is 75.4 Å². The van der Waals surface area contributed by atoms with Gasteiger partial charge in [0.1, 0.15) is 5.60 Å². The molecule has 0 fully saturated rings. The van der Waals surface area contributed by atoms with Crippen molar-refractivity contribution in [1.29, 1.82) is 0 Å². The van der Waals surface area contributed by atoms with Crippen LogP contribution in [0, 0.1) is 0 Å². The Labute approximate surface area is 185 Å². The predicted molar refractivity (Wildman–Crippen MR) is 125 cm³/mol. The zero-order valence-electron chi connectivity index (χ0n) is 18.5. The first-order valence-electron chi connectivity index (χ1n) is 10.6. The molecule has 31 heavy (non-hydrogen) atoms. The van der Waals surface area contributed by atoms with Crippen LogP contribution in [0.2, 0.25) is 0 Å². The summed E-state index contributed by atoms with van der Waals surface area (Å²) in [6.45, 7) is 6.70. The largest absolute Gasteiger partial charge is 0.444 e. The summed E-state index contributed by atoms with van der Waals surface area (Å²) in [6.07, 6.45) is 0.309. The minimum Gasteiger partial charge on any atom is -0.444 e. The summed E-state index contributed by atoms with van der Waals surface area (Å²) < 4.78 is 5.67. The Morgan fingerprint density at radius 1 is 0.806 bits per heavy atom. The van der Waals surface area contributed by atoms with E-state index in [-0.39, 0.29) is 12.7 Å². The highest BCUT2D eigenvalue weighted by Crippen LogP contribution is 2.23. The Balaban J connectivity index is 1.84. The summed E-state index contributed by atoms with van der Waals surface area (Å²) in [5.74, 6) is 0. The van der Waals surface area contributed by atoms with Gasteiger partial charge in [-0.25, -0.2) is 4.79 Å². The van der Waals surface area contributed by atoms with Gasteiger partial charge in [-0.2, -0.15) is 0 Å². The van der Waals surface area contributed by atoms with E-state index in [9.17, 15) is 9.90 Å². The summed E-state index contributed by atoms with van der Waals surface area (Å²) in [4.78, 5) is 14.7. The van der Waals surface area contributed by atoms with Gasteiger partial charge >= 0.3 is 6.09 Å². The summed E-state index contributed by atoms with van der Waals surface area (Å²) >= 11 is 0. The molecule has 4 heteroatoms.